The van der Waals surface area contributed by atoms with E-state index in [1.807, 2.05) is 22.6 Å². The lowest BCUT2D eigenvalue weighted by Gasteiger charge is -2.06. The molecule has 1 heterocycles. The molecule has 2 aromatic rings. The Kier molecular flexibility index (Phi) is 3.78. The van der Waals surface area contributed by atoms with Crippen molar-refractivity contribution in [3.8, 4) is 0 Å². The summed E-state index contributed by atoms with van der Waals surface area (Å²) in [5.74, 6) is 0.620. The van der Waals surface area contributed by atoms with E-state index in [0.29, 0.717) is 15.9 Å². The van der Waals surface area contributed by atoms with E-state index in [1.54, 1.807) is 0 Å². The maximum atomic E-state index is 11.4. The fourth-order valence-corrected chi connectivity index (χ4v) is 1.88. The second kappa shape index (κ2) is 5.31. The Labute approximate surface area is 113 Å². The highest BCUT2D eigenvalue weighted by molar-refractivity contribution is 14.1. The van der Waals surface area contributed by atoms with E-state index >= 15 is 0 Å². The average molecular weight is 341 g/mol. The minimum atomic E-state index is -0.119. The van der Waals surface area contributed by atoms with E-state index in [2.05, 4.69) is 46.5 Å². The first-order valence-electron chi connectivity index (χ1n) is 5.19. The highest BCUT2D eigenvalue weighted by Gasteiger charge is 2.04. The molecule has 88 valence electrons. The van der Waals surface area contributed by atoms with Crippen molar-refractivity contribution in [2.75, 3.05) is 5.32 Å². The van der Waals surface area contributed by atoms with E-state index in [9.17, 15) is 4.79 Å². The third-order valence-electron chi connectivity index (χ3n) is 2.38. The van der Waals surface area contributed by atoms with Crippen molar-refractivity contribution in [3.63, 3.8) is 0 Å². The van der Waals surface area contributed by atoms with Gasteiger partial charge in [-0.3, -0.25) is 4.79 Å². The van der Waals surface area contributed by atoms with E-state index in [1.165, 1.54) is 11.9 Å². The van der Waals surface area contributed by atoms with Crippen LogP contribution in [0, 0.1) is 10.5 Å². The van der Waals surface area contributed by atoms with E-state index < -0.39 is 0 Å². The van der Waals surface area contributed by atoms with Crippen LogP contribution in [0.2, 0.25) is 0 Å². The summed E-state index contributed by atoms with van der Waals surface area (Å²) in [4.78, 5) is 18.0. The Morgan fingerprint density at radius 2 is 2.06 bits per heavy atom. The van der Waals surface area contributed by atoms with Crippen molar-refractivity contribution < 1.29 is 0 Å². The molecular weight excluding hydrogens is 329 g/mol. The largest absolute Gasteiger partial charge is 0.365 e. The topological polar surface area (TPSA) is 57.8 Å². The molecular formula is C12H12IN3O. The van der Waals surface area contributed by atoms with Crippen LogP contribution in [0.25, 0.3) is 0 Å². The van der Waals surface area contributed by atoms with Gasteiger partial charge in [-0.1, -0.05) is 29.8 Å². The van der Waals surface area contributed by atoms with Gasteiger partial charge in [-0.2, -0.15) is 0 Å². The molecule has 0 bridgehead atoms. The van der Waals surface area contributed by atoms with Gasteiger partial charge in [0.15, 0.2) is 0 Å². The van der Waals surface area contributed by atoms with Crippen molar-refractivity contribution in [1.29, 1.82) is 0 Å². The number of hydrogen-bond acceptors (Lipinski definition) is 3. The number of aromatic amines is 1. The van der Waals surface area contributed by atoms with Gasteiger partial charge in [0.05, 0.1) is 6.33 Å². The Morgan fingerprint density at radius 1 is 1.35 bits per heavy atom. The molecule has 0 aliphatic carbocycles. The van der Waals surface area contributed by atoms with Crippen molar-refractivity contribution in [2.24, 2.45) is 0 Å². The molecule has 0 aliphatic rings. The van der Waals surface area contributed by atoms with Crippen LogP contribution < -0.4 is 10.9 Å². The van der Waals surface area contributed by atoms with Crippen LogP contribution in [0.5, 0.6) is 0 Å². The standard InChI is InChI=1S/C12H12IN3O/c1-8-2-4-9(5-3-8)6-14-11-10(13)12(17)16-7-15-11/h2-5,7H,6H2,1H3,(H2,14,15,16,17). The third-order valence-corrected chi connectivity index (χ3v) is 3.38. The summed E-state index contributed by atoms with van der Waals surface area (Å²) in [6, 6.07) is 8.24. The lowest BCUT2D eigenvalue weighted by Crippen LogP contribution is -2.14. The zero-order valence-electron chi connectivity index (χ0n) is 9.33. The summed E-state index contributed by atoms with van der Waals surface area (Å²) in [6.07, 6.45) is 1.40. The van der Waals surface area contributed by atoms with Crippen molar-refractivity contribution in [3.05, 3.63) is 55.6 Å². The van der Waals surface area contributed by atoms with Crippen LogP contribution in [0.4, 0.5) is 5.82 Å². The van der Waals surface area contributed by atoms with Crippen LogP contribution in [0.15, 0.2) is 35.4 Å². The van der Waals surface area contributed by atoms with Gasteiger partial charge < -0.3 is 10.3 Å². The number of H-pyrrole nitrogens is 1. The monoisotopic (exact) mass is 341 g/mol. The molecule has 0 amide bonds. The molecule has 4 nitrogen and oxygen atoms in total. The van der Waals surface area contributed by atoms with Gasteiger partial charge in [0.2, 0.25) is 0 Å². The number of benzene rings is 1. The minimum absolute atomic E-state index is 0.119. The molecule has 0 saturated carbocycles. The van der Waals surface area contributed by atoms with Gasteiger partial charge in [-0.05, 0) is 35.1 Å². The molecule has 17 heavy (non-hydrogen) atoms. The molecule has 1 aromatic carbocycles. The van der Waals surface area contributed by atoms with Gasteiger partial charge in [-0.25, -0.2) is 4.98 Å². The molecule has 0 spiro atoms. The summed E-state index contributed by atoms with van der Waals surface area (Å²) in [5.41, 5.74) is 2.28. The molecule has 0 fully saturated rings. The number of halogens is 1. The normalized spacial score (nSPS) is 10.2. The number of hydrogen-bond donors (Lipinski definition) is 2. The van der Waals surface area contributed by atoms with Crippen molar-refractivity contribution in [2.45, 2.75) is 13.5 Å². The summed E-state index contributed by atoms with van der Waals surface area (Å²) in [5, 5.41) is 3.15. The lowest BCUT2D eigenvalue weighted by molar-refractivity contribution is 1.04. The number of nitrogens with zero attached hydrogens (tertiary/aromatic N) is 1. The van der Waals surface area contributed by atoms with Gasteiger partial charge in [0.1, 0.15) is 9.39 Å². The second-order valence-corrected chi connectivity index (χ2v) is 4.81. The van der Waals surface area contributed by atoms with E-state index in [4.69, 9.17) is 0 Å². The Hall–Kier alpha value is -1.37. The van der Waals surface area contributed by atoms with Crippen LogP contribution in [0.3, 0.4) is 0 Å². The predicted molar refractivity (Wildman–Crippen MR) is 76.1 cm³/mol. The van der Waals surface area contributed by atoms with Gasteiger partial charge in [0.25, 0.3) is 5.56 Å². The van der Waals surface area contributed by atoms with E-state index in [0.717, 1.165) is 5.56 Å². The second-order valence-electron chi connectivity index (χ2n) is 3.73. The lowest BCUT2D eigenvalue weighted by atomic mass is 10.1. The molecule has 0 radical (unpaired) electrons. The minimum Gasteiger partial charge on any atom is -0.365 e. The smallest absolute Gasteiger partial charge is 0.266 e. The fraction of sp³-hybridized carbons (Fsp3) is 0.167. The number of aryl methyl sites for hydroxylation is 1. The summed E-state index contributed by atoms with van der Waals surface area (Å²) in [7, 11) is 0. The molecule has 1 aromatic heterocycles. The molecule has 5 heteroatoms. The van der Waals surface area contributed by atoms with Crippen LogP contribution >= 0.6 is 22.6 Å². The maximum absolute atomic E-state index is 11.4. The molecule has 0 saturated heterocycles. The molecule has 0 atom stereocenters. The number of aromatic nitrogens is 2. The Balaban J connectivity index is 2.10. The first-order valence-corrected chi connectivity index (χ1v) is 6.27. The number of rotatable bonds is 3. The van der Waals surface area contributed by atoms with Gasteiger partial charge in [-0.15, -0.1) is 0 Å². The first-order chi connectivity index (χ1) is 8.16. The molecule has 0 aliphatic heterocycles. The summed E-state index contributed by atoms with van der Waals surface area (Å²) >= 11 is 1.98. The van der Waals surface area contributed by atoms with Gasteiger partial charge >= 0.3 is 0 Å². The molecule has 0 unspecified atom stereocenters. The molecule has 2 rings (SSSR count). The van der Waals surface area contributed by atoms with Crippen molar-refractivity contribution in [1.82, 2.24) is 9.97 Å². The fourth-order valence-electron chi connectivity index (χ4n) is 1.40. The van der Waals surface area contributed by atoms with Gasteiger partial charge in [0, 0.05) is 6.54 Å². The van der Waals surface area contributed by atoms with E-state index in [-0.39, 0.29) is 5.56 Å². The Bertz CT molecular complexity index is 563. The zero-order chi connectivity index (χ0) is 12.3. The quantitative estimate of drug-likeness (QED) is 0.843. The zero-order valence-corrected chi connectivity index (χ0v) is 11.5. The van der Waals surface area contributed by atoms with Crippen molar-refractivity contribution >= 4 is 28.4 Å². The van der Waals surface area contributed by atoms with Crippen LogP contribution in [-0.4, -0.2) is 9.97 Å². The SMILES string of the molecule is Cc1ccc(CNc2nc[nH]c(=O)c2I)cc1. The highest BCUT2D eigenvalue weighted by atomic mass is 127. The maximum Gasteiger partial charge on any atom is 0.266 e. The average Bonchev–Trinajstić information content (AvgIpc) is 2.33. The highest BCUT2D eigenvalue weighted by Crippen LogP contribution is 2.11. The number of anilines is 1. The summed E-state index contributed by atoms with van der Waals surface area (Å²) < 4.78 is 0.581. The third kappa shape index (κ3) is 3.06. The van der Waals surface area contributed by atoms with Crippen LogP contribution in [0.1, 0.15) is 11.1 Å². The van der Waals surface area contributed by atoms with Crippen LogP contribution in [-0.2, 0) is 6.54 Å². The Morgan fingerprint density at radius 3 is 2.76 bits per heavy atom. The summed E-state index contributed by atoms with van der Waals surface area (Å²) in [6.45, 7) is 2.71. The predicted octanol–water partition coefficient (Wildman–Crippen LogP) is 2.30. The molecule has 2 N–H and O–H groups in total. The number of nitrogens with one attached hydrogen (secondary N) is 2. The first kappa shape index (κ1) is 12.1.